The molecule has 1 aromatic carbocycles. The third-order valence-corrected chi connectivity index (χ3v) is 3.66. The SMILES string of the molecule is CC1(C)CC(N)(Cc2ccccc2)CC(C)(C)N1. The fourth-order valence-electron chi connectivity index (χ4n) is 3.95. The molecule has 0 atom stereocenters. The van der Waals surface area contributed by atoms with E-state index in [0.717, 1.165) is 19.3 Å². The molecule has 0 aliphatic carbocycles. The molecule has 2 heteroatoms. The molecule has 18 heavy (non-hydrogen) atoms. The van der Waals surface area contributed by atoms with Crippen molar-refractivity contribution in [3.63, 3.8) is 0 Å². The van der Waals surface area contributed by atoms with E-state index in [1.165, 1.54) is 5.56 Å². The number of nitrogens with one attached hydrogen (secondary N) is 1. The van der Waals surface area contributed by atoms with Crippen LogP contribution in [0.1, 0.15) is 46.1 Å². The molecule has 0 saturated carbocycles. The van der Waals surface area contributed by atoms with E-state index in [0.29, 0.717) is 0 Å². The summed E-state index contributed by atoms with van der Waals surface area (Å²) in [5.74, 6) is 0. The maximum Gasteiger partial charge on any atom is 0.0229 e. The van der Waals surface area contributed by atoms with Crippen molar-refractivity contribution in [1.82, 2.24) is 5.32 Å². The number of piperidine rings is 1. The van der Waals surface area contributed by atoms with E-state index in [1.807, 2.05) is 0 Å². The van der Waals surface area contributed by atoms with Gasteiger partial charge in [-0.3, -0.25) is 0 Å². The first-order valence-corrected chi connectivity index (χ1v) is 6.82. The molecule has 1 fully saturated rings. The van der Waals surface area contributed by atoms with E-state index in [1.54, 1.807) is 0 Å². The Hall–Kier alpha value is -0.860. The molecule has 1 aromatic rings. The minimum Gasteiger partial charge on any atom is -0.325 e. The minimum absolute atomic E-state index is 0.102. The lowest BCUT2D eigenvalue weighted by Gasteiger charge is -2.51. The van der Waals surface area contributed by atoms with E-state index < -0.39 is 0 Å². The highest BCUT2D eigenvalue weighted by Crippen LogP contribution is 2.36. The van der Waals surface area contributed by atoms with Gasteiger partial charge in [-0.1, -0.05) is 30.3 Å². The van der Waals surface area contributed by atoms with Crippen LogP contribution in [0.2, 0.25) is 0 Å². The molecule has 0 amide bonds. The van der Waals surface area contributed by atoms with E-state index in [-0.39, 0.29) is 16.6 Å². The van der Waals surface area contributed by atoms with Crippen LogP contribution in [0.3, 0.4) is 0 Å². The number of benzene rings is 1. The summed E-state index contributed by atoms with van der Waals surface area (Å²) in [4.78, 5) is 0. The summed E-state index contributed by atoms with van der Waals surface area (Å²) < 4.78 is 0. The Kier molecular flexibility index (Phi) is 3.28. The average Bonchev–Trinajstić information content (AvgIpc) is 2.11. The van der Waals surface area contributed by atoms with Gasteiger partial charge in [0.15, 0.2) is 0 Å². The van der Waals surface area contributed by atoms with Gasteiger partial charge < -0.3 is 11.1 Å². The largest absolute Gasteiger partial charge is 0.325 e. The van der Waals surface area contributed by atoms with E-state index >= 15 is 0 Å². The summed E-state index contributed by atoms with van der Waals surface area (Å²) >= 11 is 0. The lowest BCUT2D eigenvalue weighted by molar-refractivity contribution is 0.105. The van der Waals surface area contributed by atoms with Crippen molar-refractivity contribution in [3.05, 3.63) is 35.9 Å². The first-order valence-electron chi connectivity index (χ1n) is 6.82. The molecule has 1 heterocycles. The molecule has 1 aliphatic rings. The highest BCUT2D eigenvalue weighted by Gasteiger charge is 2.44. The maximum atomic E-state index is 6.70. The van der Waals surface area contributed by atoms with Crippen LogP contribution < -0.4 is 11.1 Å². The molecule has 2 rings (SSSR count). The monoisotopic (exact) mass is 246 g/mol. The van der Waals surface area contributed by atoms with Gasteiger partial charge in [-0.2, -0.15) is 0 Å². The van der Waals surface area contributed by atoms with Gasteiger partial charge in [-0.25, -0.2) is 0 Å². The fraction of sp³-hybridized carbons (Fsp3) is 0.625. The summed E-state index contributed by atoms with van der Waals surface area (Å²) in [6, 6.07) is 10.6. The van der Waals surface area contributed by atoms with Gasteiger partial charge in [0.1, 0.15) is 0 Å². The van der Waals surface area contributed by atoms with Gasteiger partial charge in [0.25, 0.3) is 0 Å². The first-order chi connectivity index (χ1) is 8.20. The molecule has 1 saturated heterocycles. The average molecular weight is 246 g/mol. The van der Waals surface area contributed by atoms with Crippen molar-refractivity contribution in [2.45, 2.75) is 63.6 Å². The maximum absolute atomic E-state index is 6.70. The van der Waals surface area contributed by atoms with Gasteiger partial charge in [0.2, 0.25) is 0 Å². The van der Waals surface area contributed by atoms with Crippen molar-refractivity contribution < 1.29 is 0 Å². The summed E-state index contributed by atoms with van der Waals surface area (Å²) in [6.45, 7) is 9.00. The Morgan fingerprint density at radius 2 is 1.50 bits per heavy atom. The number of hydrogen-bond donors (Lipinski definition) is 2. The highest BCUT2D eigenvalue weighted by atomic mass is 15.1. The van der Waals surface area contributed by atoms with Gasteiger partial charge in [0.05, 0.1) is 0 Å². The lowest BCUT2D eigenvalue weighted by atomic mass is 9.69. The van der Waals surface area contributed by atoms with Crippen LogP contribution in [0, 0.1) is 0 Å². The zero-order chi connectivity index (χ0) is 13.4. The third kappa shape index (κ3) is 3.33. The molecule has 2 nitrogen and oxygen atoms in total. The van der Waals surface area contributed by atoms with Crippen molar-refractivity contribution in [2.75, 3.05) is 0 Å². The van der Waals surface area contributed by atoms with Crippen LogP contribution in [0.5, 0.6) is 0 Å². The molecular formula is C16H26N2. The molecular weight excluding hydrogens is 220 g/mol. The topological polar surface area (TPSA) is 38.0 Å². The molecule has 0 spiro atoms. The van der Waals surface area contributed by atoms with Crippen molar-refractivity contribution in [3.8, 4) is 0 Å². The molecule has 0 unspecified atom stereocenters. The second-order valence-electron chi connectivity index (χ2n) is 7.27. The summed E-state index contributed by atoms with van der Waals surface area (Å²) in [5.41, 5.74) is 8.14. The molecule has 100 valence electrons. The Morgan fingerprint density at radius 3 is 2.00 bits per heavy atom. The van der Waals surface area contributed by atoms with Gasteiger partial charge >= 0.3 is 0 Å². The van der Waals surface area contributed by atoms with Gasteiger partial charge in [0, 0.05) is 16.6 Å². The van der Waals surface area contributed by atoms with Crippen LogP contribution in [-0.4, -0.2) is 16.6 Å². The highest BCUT2D eigenvalue weighted by molar-refractivity contribution is 5.20. The molecule has 1 aliphatic heterocycles. The minimum atomic E-state index is -0.112. The quantitative estimate of drug-likeness (QED) is 0.842. The second kappa shape index (κ2) is 4.36. The van der Waals surface area contributed by atoms with Crippen LogP contribution in [0.25, 0.3) is 0 Å². The summed E-state index contributed by atoms with van der Waals surface area (Å²) in [5, 5.41) is 3.69. The summed E-state index contributed by atoms with van der Waals surface area (Å²) in [6.07, 6.45) is 2.99. The van der Waals surface area contributed by atoms with E-state index in [4.69, 9.17) is 5.73 Å². The zero-order valence-electron chi connectivity index (χ0n) is 12.1. The Morgan fingerprint density at radius 1 is 1.00 bits per heavy atom. The van der Waals surface area contributed by atoms with Crippen molar-refractivity contribution >= 4 is 0 Å². The summed E-state index contributed by atoms with van der Waals surface area (Å²) in [7, 11) is 0. The second-order valence-corrected chi connectivity index (χ2v) is 7.27. The Bertz CT molecular complexity index is 390. The zero-order valence-corrected chi connectivity index (χ0v) is 12.1. The predicted octanol–water partition coefficient (Wildman–Crippen LogP) is 2.87. The van der Waals surface area contributed by atoms with Crippen LogP contribution >= 0.6 is 0 Å². The number of hydrogen-bond acceptors (Lipinski definition) is 2. The van der Waals surface area contributed by atoms with Crippen LogP contribution in [0.4, 0.5) is 0 Å². The van der Waals surface area contributed by atoms with Gasteiger partial charge in [-0.05, 0) is 52.5 Å². The standard InChI is InChI=1S/C16H26N2/c1-14(2)11-16(17,12-15(3,4)18-14)10-13-8-6-5-7-9-13/h5-9,18H,10-12,17H2,1-4H3. The normalized spacial score (nSPS) is 24.7. The lowest BCUT2D eigenvalue weighted by Crippen LogP contribution is -2.66. The van der Waals surface area contributed by atoms with Crippen molar-refractivity contribution in [1.29, 1.82) is 0 Å². The van der Waals surface area contributed by atoms with E-state index in [9.17, 15) is 0 Å². The first kappa shape index (κ1) is 13.6. The number of rotatable bonds is 2. The Labute approximate surface area is 111 Å². The molecule has 3 N–H and O–H groups in total. The molecule has 0 bridgehead atoms. The van der Waals surface area contributed by atoms with Gasteiger partial charge in [-0.15, -0.1) is 0 Å². The smallest absolute Gasteiger partial charge is 0.0229 e. The fourth-order valence-corrected chi connectivity index (χ4v) is 3.95. The predicted molar refractivity (Wildman–Crippen MR) is 77.6 cm³/mol. The third-order valence-electron chi connectivity index (χ3n) is 3.66. The molecule has 0 radical (unpaired) electrons. The number of nitrogens with two attached hydrogens (primary N) is 1. The molecule has 0 aromatic heterocycles. The van der Waals surface area contributed by atoms with Crippen molar-refractivity contribution in [2.24, 2.45) is 5.73 Å². The van der Waals surface area contributed by atoms with Crippen LogP contribution in [0.15, 0.2) is 30.3 Å². The van der Waals surface area contributed by atoms with Crippen LogP contribution in [-0.2, 0) is 6.42 Å². The Balaban J connectivity index is 2.19. The van der Waals surface area contributed by atoms with E-state index in [2.05, 4.69) is 63.3 Å².